The minimum Gasteiger partial charge on any atom is -0.306 e. The quantitative estimate of drug-likeness (QED) is 0.572. The van der Waals surface area contributed by atoms with Crippen LogP contribution in [0.15, 0.2) is 48.8 Å². The number of aromatic nitrogens is 3. The topological polar surface area (TPSA) is 34.0 Å². The number of benzene rings is 1. The molecule has 0 bridgehead atoms. The molecule has 1 fully saturated rings. The largest absolute Gasteiger partial charge is 0.306 e. The number of imidazole rings is 1. The van der Waals surface area contributed by atoms with Gasteiger partial charge in [0.15, 0.2) is 0 Å². The van der Waals surface area contributed by atoms with Crippen LogP contribution in [0.5, 0.6) is 0 Å². The predicted octanol–water partition coefficient (Wildman–Crippen LogP) is 4.66. The van der Waals surface area contributed by atoms with Gasteiger partial charge in [-0.05, 0) is 88.5 Å². The monoisotopic (exact) mass is 378 g/mol. The molecule has 1 aliphatic rings. The number of rotatable bonds is 8. The van der Waals surface area contributed by atoms with E-state index in [9.17, 15) is 4.39 Å². The van der Waals surface area contributed by atoms with Gasteiger partial charge in [0.1, 0.15) is 11.6 Å². The molecule has 1 saturated carbocycles. The first kappa shape index (κ1) is 18.8. The van der Waals surface area contributed by atoms with Crippen LogP contribution in [0.2, 0.25) is 0 Å². The molecule has 0 atom stereocenters. The van der Waals surface area contributed by atoms with E-state index in [2.05, 4.69) is 27.7 Å². The Morgan fingerprint density at radius 1 is 1.14 bits per heavy atom. The molecular formula is C23H27FN4. The van der Waals surface area contributed by atoms with Crippen molar-refractivity contribution in [2.45, 2.75) is 32.6 Å². The summed E-state index contributed by atoms with van der Waals surface area (Å²) >= 11 is 0. The molecule has 0 saturated heterocycles. The first-order valence-corrected chi connectivity index (χ1v) is 10.0. The molecule has 4 nitrogen and oxygen atoms in total. The predicted molar refractivity (Wildman–Crippen MR) is 110 cm³/mol. The standard InChI is InChI=1S/C23H27FN4/c1-17-5-12-22(14-25-17)28-16-21(4-3-13-27(2)15-18-6-7-18)26-23(28)19-8-10-20(24)11-9-19/h5,8-12,14,16,18H,3-4,6-7,13,15H2,1-2H3. The lowest BCUT2D eigenvalue weighted by molar-refractivity contribution is 0.316. The molecule has 0 amide bonds. The van der Waals surface area contributed by atoms with Gasteiger partial charge in [-0.3, -0.25) is 9.55 Å². The van der Waals surface area contributed by atoms with Crippen LogP contribution in [0.4, 0.5) is 4.39 Å². The molecule has 0 N–H and O–H groups in total. The summed E-state index contributed by atoms with van der Waals surface area (Å²) in [5.41, 5.74) is 3.90. The molecule has 3 aromatic rings. The molecule has 0 aliphatic heterocycles. The Morgan fingerprint density at radius 3 is 2.61 bits per heavy atom. The Bertz CT molecular complexity index is 848. The van der Waals surface area contributed by atoms with Crippen molar-refractivity contribution in [1.29, 1.82) is 0 Å². The molecular weight excluding hydrogens is 351 g/mol. The molecule has 0 radical (unpaired) electrons. The number of hydrogen-bond donors (Lipinski definition) is 0. The van der Waals surface area contributed by atoms with Crippen molar-refractivity contribution in [3.63, 3.8) is 0 Å². The Hall–Kier alpha value is -2.53. The summed E-state index contributed by atoms with van der Waals surface area (Å²) in [6.45, 7) is 4.27. The lowest BCUT2D eigenvalue weighted by Gasteiger charge is -2.15. The van der Waals surface area contributed by atoms with Crippen molar-refractivity contribution in [3.05, 3.63) is 66.0 Å². The van der Waals surface area contributed by atoms with Gasteiger partial charge in [0.05, 0.1) is 17.6 Å². The highest BCUT2D eigenvalue weighted by Crippen LogP contribution is 2.29. The van der Waals surface area contributed by atoms with Gasteiger partial charge < -0.3 is 4.90 Å². The Morgan fingerprint density at radius 2 is 1.93 bits per heavy atom. The summed E-state index contributed by atoms with van der Waals surface area (Å²) in [5, 5.41) is 0. The van der Waals surface area contributed by atoms with Crippen LogP contribution >= 0.6 is 0 Å². The zero-order valence-electron chi connectivity index (χ0n) is 16.6. The lowest BCUT2D eigenvalue weighted by Crippen LogP contribution is -2.22. The zero-order chi connectivity index (χ0) is 19.5. The third-order valence-corrected chi connectivity index (χ3v) is 5.27. The van der Waals surface area contributed by atoms with Gasteiger partial charge in [-0.2, -0.15) is 0 Å². The Kier molecular flexibility index (Phi) is 5.53. The molecule has 1 aliphatic carbocycles. The summed E-state index contributed by atoms with van der Waals surface area (Å²) in [6.07, 6.45) is 8.73. The van der Waals surface area contributed by atoms with Crippen molar-refractivity contribution >= 4 is 0 Å². The Labute approximate surface area is 166 Å². The fourth-order valence-corrected chi connectivity index (χ4v) is 3.51. The fourth-order valence-electron chi connectivity index (χ4n) is 3.51. The first-order valence-electron chi connectivity index (χ1n) is 10.0. The van der Waals surface area contributed by atoms with Crippen molar-refractivity contribution < 1.29 is 4.39 Å². The van der Waals surface area contributed by atoms with Crippen LogP contribution in [0.25, 0.3) is 17.1 Å². The highest BCUT2D eigenvalue weighted by atomic mass is 19.1. The third kappa shape index (κ3) is 4.65. The van der Waals surface area contributed by atoms with Gasteiger partial charge in [0.2, 0.25) is 0 Å². The second kappa shape index (κ2) is 8.23. The maximum atomic E-state index is 13.4. The molecule has 0 unspecified atom stereocenters. The molecule has 2 heterocycles. The van der Waals surface area contributed by atoms with E-state index in [1.165, 1.54) is 31.5 Å². The van der Waals surface area contributed by atoms with Crippen LogP contribution < -0.4 is 0 Å². The number of halogens is 1. The van der Waals surface area contributed by atoms with Gasteiger partial charge in [-0.15, -0.1) is 0 Å². The van der Waals surface area contributed by atoms with Crippen molar-refractivity contribution in [2.75, 3.05) is 20.1 Å². The van der Waals surface area contributed by atoms with Gasteiger partial charge >= 0.3 is 0 Å². The van der Waals surface area contributed by atoms with E-state index in [4.69, 9.17) is 4.98 Å². The zero-order valence-corrected chi connectivity index (χ0v) is 16.6. The highest BCUT2D eigenvalue weighted by Gasteiger charge is 2.22. The van der Waals surface area contributed by atoms with Crippen LogP contribution in [0.3, 0.4) is 0 Å². The van der Waals surface area contributed by atoms with Crippen molar-refractivity contribution in [3.8, 4) is 17.1 Å². The molecule has 28 heavy (non-hydrogen) atoms. The lowest BCUT2D eigenvalue weighted by atomic mass is 10.2. The first-order chi connectivity index (χ1) is 13.6. The van der Waals surface area contributed by atoms with E-state index in [0.717, 1.165) is 53.8 Å². The summed E-state index contributed by atoms with van der Waals surface area (Å²) in [5.74, 6) is 1.51. The molecule has 5 heteroatoms. The van der Waals surface area contributed by atoms with E-state index in [0.29, 0.717) is 0 Å². The summed E-state index contributed by atoms with van der Waals surface area (Å²) < 4.78 is 15.4. The SMILES string of the molecule is Cc1ccc(-n2cc(CCCN(C)CC3CC3)nc2-c2ccc(F)cc2)cn1. The number of nitrogens with zero attached hydrogens (tertiary/aromatic N) is 4. The number of aryl methyl sites for hydroxylation is 2. The second-order valence-corrected chi connectivity index (χ2v) is 7.90. The average molecular weight is 378 g/mol. The maximum Gasteiger partial charge on any atom is 0.144 e. The van der Waals surface area contributed by atoms with Gasteiger partial charge in [0.25, 0.3) is 0 Å². The third-order valence-electron chi connectivity index (χ3n) is 5.27. The molecule has 2 aromatic heterocycles. The van der Waals surface area contributed by atoms with Crippen LogP contribution in [0, 0.1) is 18.7 Å². The Balaban J connectivity index is 1.54. The van der Waals surface area contributed by atoms with Crippen LogP contribution in [0.1, 0.15) is 30.7 Å². The molecule has 1 aromatic carbocycles. The van der Waals surface area contributed by atoms with E-state index in [-0.39, 0.29) is 5.82 Å². The maximum absolute atomic E-state index is 13.4. The average Bonchev–Trinajstić information content (AvgIpc) is 3.39. The highest BCUT2D eigenvalue weighted by molar-refractivity contribution is 5.59. The number of hydrogen-bond acceptors (Lipinski definition) is 3. The fraction of sp³-hybridized carbons (Fsp3) is 0.391. The number of pyridine rings is 1. The molecule has 146 valence electrons. The summed E-state index contributed by atoms with van der Waals surface area (Å²) in [6, 6.07) is 10.6. The van der Waals surface area contributed by atoms with E-state index in [1.54, 1.807) is 12.1 Å². The van der Waals surface area contributed by atoms with E-state index in [1.807, 2.05) is 25.3 Å². The van der Waals surface area contributed by atoms with Crippen molar-refractivity contribution in [1.82, 2.24) is 19.4 Å². The van der Waals surface area contributed by atoms with Gasteiger partial charge in [0, 0.05) is 24.0 Å². The van der Waals surface area contributed by atoms with E-state index < -0.39 is 0 Å². The second-order valence-electron chi connectivity index (χ2n) is 7.90. The van der Waals surface area contributed by atoms with Gasteiger partial charge in [-0.25, -0.2) is 9.37 Å². The van der Waals surface area contributed by atoms with Crippen molar-refractivity contribution in [2.24, 2.45) is 5.92 Å². The molecule has 4 rings (SSSR count). The van der Waals surface area contributed by atoms with Crippen LogP contribution in [-0.4, -0.2) is 39.6 Å². The minimum atomic E-state index is -0.238. The normalized spacial score (nSPS) is 14.0. The smallest absolute Gasteiger partial charge is 0.144 e. The summed E-state index contributed by atoms with van der Waals surface area (Å²) in [7, 11) is 2.21. The summed E-state index contributed by atoms with van der Waals surface area (Å²) in [4.78, 5) is 11.7. The minimum absolute atomic E-state index is 0.238. The van der Waals surface area contributed by atoms with Gasteiger partial charge in [-0.1, -0.05) is 0 Å². The van der Waals surface area contributed by atoms with E-state index >= 15 is 0 Å². The van der Waals surface area contributed by atoms with Crippen LogP contribution in [-0.2, 0) is 6.42 Å². The molecule has 0 spiro atoms.